The number of hydrazone groups is 1. The lowest BCUT2D eigenvalue weighted by Gasteiger charge is -2.21. The molecule has 0 saturated heterocycles. The van der Waals surface area contributed by atoms with Gasteiger partial charge in [-0.2, -0.15) is 5.10 Å². The molecule has 0 unspecified atom stereocenters. The summed E-state index contributed by atoms with van der Waals surface area (Å²) in [6, 6.07) is 8.13. The molecule has 21 heavy (non-hydrogen) atoms. The van der Waals surface area contributed by atoms with Crippen molar-refractivity contribution in [1.82, 2.24) is 5.43 Å². The molecule has 0 heterocycles. The number of nitrogens with one attached hydrogen (secondary N) is 1. The monoisotopic (exact) mass is 305 g/mol. The zero-order chi connectivity index (χ0) is 14.9. The lowest BCUT2D eigenvalue weighted by Crippen LogP contribution is -2.23. The van der Waals surface area contributed by atoms with Crippen LogP contribution >= 0.6 is 12.2 Å². The Labute approximate surface area is 131 Å². The van der Waals surface area contributed by atoms with E-state index in [1.54, 1.807) is 6.21 Å². The Morgan fingerprint density at radius 1 is 1.29 bits per heavy atom. The lowest BCUT2D eigenvalue weighted by atomic mass is 9.90. The predicted octanol–water partition coefficient (Wildman–Crippen LogP) is 2.95. The number of hydrogen-bond acceptors (Lipinski definition) is 3. The highest BCUT2D eigenvalue weighted by Gasteiger charge is 2.13. The molecule has 3 N–H and O–H groups in total. The third kappa shape index (κ3) is 6.23. The minimum atomic E-state index is 0.166. The first-order valence-electron chi connectivity index (χ1n) is 7.49. The quantitative estimate of drug-likeness (QED) is 0.482. The summed E-state index contributed by atoms with van der Waals surface area (Å²) < 4.78 is 5.83. The van der Waals surface area contributed by atoms with Gasteiger partial charge in [-0.3, -0.25) is 5.43 Å². The minimum absolute atomic E-state index is 0.166. The van der Waals surface area contributed by atoms with Gasteiger partial charge < -0.3 is 10.5 Å². The topological polar surface area (TPSA) is 59.6 Å². The molecule has 0 bridgehead atoms. The van der Waals surface area contributed by atoms with E-state index in [-0.39, 0.29) is 5.11 Å². The summed E-state index contributed by atoms with van der Waals surface area (Å²) >= 11 is 4.67. The second kappa shape index (κ2) is 8.74. The molecule has 1 saturated carbocycles. The van der Waals surface area contributed by atoms with Gasteiger partial charge in [0.25, 0.3) is 0 Å². The van der Waals surface area contributed by atoms with Crippen molar-refractivity contribution in [2.75, 3.05) is 6.61 Å². The molecule has 0 spiro atoms. The van der Waals surface area contributed by atoms with E-state index >= 15 is 0 Å². The number of nitrogens with two attached hydrogens (primary N) is 1. The predicted molar refractivity (Wildman–Crippen MR) is 90.2 cm³/mol. The van der Waals surface area contributed by atoms with E-state index in [1.165, 1.54) is 37.7 Å². The molecule has 0 atom stereocenters. The maximum absolute atomic E-state index is 5.83. The summed E-state index contributed by atoms with van der Waals surface area (Å²) in [6.45, 7) is 1.57. The van der Waals surface area contributed by atoms with Crippen LogP contribution in [0.5, 0.6) is 0 Å². The molecule has 0 radical (unpaired) electrons. The summed E-state index contributed by atoms with van der Waals surface area (Å²) in [7, 11) is 0. The van der Waals surface area contributed by atoms with Crippen molar-refractivity contribution >= 4 is 23.5 Å². The maximum atomic E-state index is 5.83. The van der Waals surface area contributed by atoms with Crippen molar-refractivity contribution in [2.45, 2.75) is 38.7 Å². The summed E-state index contributed by atoms with van der Waals surface area (Å²) in [5.74, 6) is 0.760. The SMILES string of the molecule is NC(=S)NN=Cc1ccc(COCC2CCCCC2)cc1. The van der Waals surface area contributed by atoms with Crippen LogP contribution in [-0.4, -0.2) is 17.9 Å². The third-order valence-corrected chi connectivity index (χ3v) is 3.81. The highest BCUT2D eigenvalue weighted by molar-refractivity contribution is 7.80. The maximum Gasteiger partial charge on any atom is 0.184 e. The van der Waals surface area contributed by atoms with Crippen molar-refractivity contribution in [3.8, 4) is 0 Å². The van der Waals surface area contributed by atoms with Gasteiger partial charge in [-0.1, -0.05) is 43.5 Å². The Hall–Kier alpha value is -1.46. The van der Waals surface area contributed by atoms with E-state index in [9.17, 15) is 0 Å². The summed E-state index contributed by atoms with van der Waals surface area (Å²) in [6.07, 6.45) is 8.45. The van der Waals surface area contributed by atoms with Gasteiger partial charge in [0.1, 0.15) is 0 Å². The van der Waals surface area contributed by atoms with Crippen LogP contribution in [0.3, 0.4) is 0 Å². The minimum Gasteiger partial charge on any atom is -0.376 e. The van der Waals surface area contributed by atoms with Crippen LogP contribution in [0.2, 0.25) is 0 Å². The van der Waals surface area contributed by atoms with Crippen LogP contribution in [0.1, 0.15) is 43.2 Å². The fraction of sp³-hybridized carbons (Fsp3) is 0.500. The van der Waals surface area contributed by atoms with Crippen LogP contribution in [0, 0.1) is 5.92 Å². The Morgan fingerprint density at radius 3 is 2.67 bits per heavy atom. The highest BCUT2D eigenvalue weighted by Crippen LogP contribution is 2.23. The second-order valence-corrected chi connectivity index (χ2v) is 5.93. The number of ether oxygens (including phenoxy) is 1. The Balaban J connectivity index is 1.71. The average Bonchev–Trinajstić information content (AvgIpc) is 2.50. The largest absolute Gasteiger partial charge is 0.376 e. The van der Waals surface area contributed by atoms with Gasteiger partial charge in [-0.25, -0.2) is 0 Å². The van der Waals surface area contributed by atoms with Crippen molar-refractivity contribution in [2.24, 2.45) is 16.8 Å². The first-order valence-corrected chi connectivity index (χ1v) is 7.90. The number of rotatable bonds is 6. The van der Waals surface area contributed by atoms with Gasteiger partial charge in [0.2, 0.25) is 0 Å². The molecule has 0 amide bonds. The number of thiocarbonyl (C=S) groups is 1. The molecule has 5 heteroatoms. The fourth-order valence-electron chi connectivity index (χ4n) is 2.57. The van der Waals surface area contributed by atoms with Gasteiger partial charge in [0.15, 0.2) is 5.11 Å². The van der Waals surface area contributed by atoms with E-state index in [0.717, 1.165) is 18.1 Å². The zero-order valence-electron chi connectivity index (χ0n) is 12.3. The van der Waals surface area contributed by atoms with Crippen LogP contribution in [0.25, 0.3) is 0 Å². The van der Waals surface area contributed by atoms with Gasteiger partial charge >= 0.3 is 0 Å². The average molecular weight is 305 g/mol. The van der Waals surface area contributed by atoms with E-state index in [0.29, 0.717) is 6.61 Å². The Kier molecular flexibility index (Phi) is 6.63. The van der Waals surface area contributed by atoms with Crippen molar-refractivity contribution < 1.29 is 4.74 Å². The molecule has 1 aliphatic carbocycles. The Bertz CT molecular complexity index is 467. The van der Waals surface area contributed by atoms with E-state index in [2.05, 4.69) is 34.9 Å². The van der Waals surface area contributed by atoms with Gasteiger partial charge in [0, 0.05) is 6.61 Å². The fourth-order valence-corrected chi connectivity index (χ4v) is 2.62. The van der Waals surface area contributed by atoms with Crippen molar-refractivity contribution in [1.29, 1.82) is 0 Å². The standard InChI is InChI=1S/C16H23N3OS/c17-16(21)19-18-10-13-6-8-15(9-7-13)12-20-11-14-4-2-1-3-5-14/h6-10,14H,1-5,11-12H2,(H3,17,19,21). The summed E-state index contributed by atoms with van der Waals surface area (Å²) in [5.41, 5.74) is 10.0. The molecule has 1 fully saturated rings. The second-order valence-electron chi connectivity index (χ2n) is 5.49. The first kappa shape index (κ1) is 15.9. The molecular formula is C16H23N3OS. The number of nitrogens with zero attached hydrogens (tertiary/aromatic N) is 1. The molecule has 114 valence electrons. The van der Waals surface area contributed by atoms with Gasteiger partial charge in [0.05, 0.1) is 12.8 Å². The molecule has 4 nitrogen and oxygen atoms in total. The molecule has 2 rings (SSSR count). The van der Waals surface area contributed by atoms with Crippen LogP contribution in [0.15, 0.2) is 29.4 Å². The van der Waals surface area contributed by atoms with Crippen LogP contribution in [-0.2, 0) is 11.3 Å². The smallest absolute Gasteiger partial charge is 0.184 e. The van der Waals surface area contributed by atoms with Gasteiger partial charge in [-0.15, -0.1) is 0 Å². The molecule has 1 aromatic carbocycles. The molecular weight excluding hydrogens is 282 g/mol. The number of hydrogen-bond donors (Lipinski definition) is 2. The van der Waals surface area contributed by atoms with Crippen LogP contribution < -0.4 is 11.2 Å². The van der Waals surface area contributed by atoms with Gasteiger partial charge in [-0.05, 0) is 42.1 Å². The van der Waals surface area contributed by atoms with E-state index in [4.69, 9.17) is 10.5 Å². The molecule has 1 aromatic rings. The Morgan fingerprint density at radius 2 is 2.00 bits per heavy atom. The van der Waals surface area contributed by atoms with Crippen LogP contribution in [0.4, 0.5) is 0 Å². The summed E-state index contributed by atoms with van der Waals surface area (Å²) in [5, 5.41) is 4.09. The zero-order valence-corrected chi connectivity index (χ0v) is 13.1. The molecule has 0 aromatic heterocycles. The van der Waals surface area contributed by atoms with E-state index in [1.807, 2.05) is 12.1 Å². The highest BCUT2D eigenvalue weighted by atomic mass is 32.1. The summed E-state index contributed by atoms with van der Waals surface area (Å²) in [4.78, 5) is 0. The number of benzene rings is 1. The van der Waals surface area contributed by atoms with Crippen molar-refractivity contribution in [3.63, 3.8) is 0 Å². The normalized spacial score (nSPS) is 16.2. The van der Waals surface area contributed by atoms with Crippen molar-refractivity contribution in [3.05, 3.63) is 35.4 Å². The van der Waals surface area contributed by atoms with E-state index < -0.39 is 0 Å². The molecule has 1 aliphatic rings. The first-order chi connectivity index (χ1) is 10.2. The lowest BCUT2D eigenvalue weighted by molar-refractivity contribution is 0.0739. The third-order valence-electron chi connectivity index (χ3n) is 3.72. The molecule has 0 aliphatic heterocycles.